The molecule has 5 nitrogen and oxygen atoms in total. The fraction of sp³-hybridized carbons (Fsp3) is 0.455. The lowest BCUT2D eigenvalue weighted by molar-refractivity contribution is -0.141. The van der Waals surface area contributed by atoms with Crippen molar-refractivity contribution >= 4 is 11.3 Å². The second kappa shape index (κ2) is 5.04. The Morgan fingerprint density at radius 2 is 2.21 bits per heavy atom. The third-order valence-corrected chi connectivity index (χ3v) is 2.74. The van der Waals surface area contributed by atoms with E-state index in [1.54, 1.807) is 0 Å². The number of hydrogen-bond acceptors (Lipinski definition) is 4. The van der Waals surface area contributed by atoms with E-state index in [-0.39, 0.29) is 11.6 Å². The Morgan fingerprint density at radius 1 is 1.47 bits per heavy atom. The molecule has 0 spiro atoms. The van der Waals surface area contributed by atoms with E-state index < -0.39 is 11.9 Å². The minimum absolute atomic E-state index is 0.0768. The summed E-state index contributed by atoms with van der Waals surface area (Å²) in [6.07, 6.45) is -0.943. The minimum Gasteiger partial charge on any atom is -0.367 e. The monoisotopic (exact) mass is 273 g/mol. The van der Waals surface area contributed by atoms with Crippen LogP contribution in [0.25, 0.3) is 5.52 Å². The molecule has 0 aliphatic carbocycles. The Kier molecular flexibility index (Phi) is 3.61. The molecule has 1 unspecified atom stereocenters. The molecule has 2 aromatic rings. The predicted molar refractivity (Wildman–Crippen MR) is 64.7 cm³/mol. The number of anilines is 1. The fourth-order valence-electron chi connectivity index (χ4n) is 1.57. The predicted octanol–water partition coefficient (Wildman–Crippen LogP) is 1.90. The highest BCUT2D eigenvalue weighted by molar-refractivity contribution is 5.67. The number of fused-ring (bicyclic) bond motifs is 1. The van der Waals surface area contributed by atoms with Crippen molar-refractivity contribution in [1.82, 2.24) is 14.6 Å². The van der Waals surface area contributed by atoms with E-state index in [2.05, 4.69) is 15.4 Å². The topological polar surface area (TPSA) is 68.2 Å². The number of nitrogens with zero attached hydrogens (tertiary/aromatic N) is 3. The summed E-state index contributed by atoms with van der Waals surface area (Å²) in [4.78, 5) is 4.01. The van der Waals surface area contributed by atoms with Gasteiger partial charge in [-0.1, -0.05) is 6.92 Å². The third-order valence-electron chi connectivity index (χ3n) is 2.74. The largest absolute Gasteiger partial charge is 0.435 e. The molecule has 0 saturated heterocycles. The van der Waals surface area contributed by atoms with Gasteiger partial charge in [0.2, 0.25) is 0 Å². The van der Waals surface area contributed by atoms with E-state index in [1.807, 2.05) is 6.92 Å². The lowest BCUT2D eigenvalue weighted by atomic mass is 10.2. The smallest absolute Gasteiger partial charge is 0.367 e. The van der Waals surface area contributed by atoms with E-state index in [9.17, 15) is 13.2 Å². The first-order chi connectivity index (χ1) is 8.91. The number of hydrogen-bond donors (Lipinski definition) is 2. The molecule has 0 bridgehead atoms. The molecule has 2 heterocycles. The minimum atomic E-state index is -4.47. The average molecular weight is 273 g/mol. The second-order valence-corrected chi connectivity index (χ2v) is 4.18. The Labute approximate surface area is 107 Å². The Morgan fingerprint density at radius 3 is 2.84 bits per heavy atom. The highest BCUT2D eigenvalue weighted by Crippen LogP contribution is 2.29. The summed E-state index contributed by atoms with van der Waals surface area (Å²) in [5.74, 6) is 0.342. The number of rotatable bonds is 4. The van der Waals surface area contributed by atoms with Gasteiger partial charge in [0.25, 0.3) is 0 Å². The van der Waals surface area contributed by atoms with Crippen LogP contribution in [0.4, 0.5) is 19.0 Å². The van der Waals surface area contributed by atoms with Gasteiger partial charge in [-0.15, -0.1) is 0 Å². The Bertz CT molecular complexity index is 563. The molecular weight excluding hydrogens is 259 g/mol. The van der Waals surface area contributed by atoms with Crippen molar-refractivity contribution in [3.05, 3.63) is 24.2 Å². The van der Waals surface area contributed by atoms with Crippen molar-refractivity contribution in [1.29, 1.82) is 0 Å². The highest BCUT2D eigenvalue weighted by atomic mass is 19.4. The zero-order chi connectivity index (χ0) is 14.0. The van der Waals surface area contributed by atoms with Crippen LogP contribution in [0.5, 0.6) is 0 Å². The van der Waals surface area contributed by atoms with Gasteiger partial charge in [0.15, 0.2) is 11.5 Å². The van der Waals surface area contributed by atoms with Crippen LogP contribution in [0.1, 0.15) is 19.0 Å². The van der Waals surface area contributed by atoms with Crippen molar-refractivity contribution in [2.24, 2.45) is 5.73 Å². The van der Waals surface area contributed by atoms with Gasteiger partial charge in [0.05, 0.1) is 0 Å². The molecule has 0 amide bonds. The van der Waals surface area contributed by atoms with Crippen molar-refractivity contribution < 1.29 is 13.2 Å². The normalized spacial score (nSPS) is 13.7. The number of halogens is 3. The molecule has 2 aromatic heterocycles. The summed E-state index contributed by atoms with van der Waals surface area (Å²) < 4.78 is 38.9. The molecule has 2 rings (SSSR count). The Balaban J connectivity index is 2.32. The third kappa shape index (κ3) is 2.95. The van der Waals surface area contributed by atoms with Crippen molar-refractivity contribution in [2.75, 3.05) is 11.9 Å². The lowest BCUT2D eigenvalue weighted by Crippen LogP contribution is -2.28. The first-order valence-corrected chi connectivity index (χ1v) is 5.83. The van der Waals surface area contributed by atoms with Crippen LogP contribution in [-0.2, 0) is 6.18 Å². The van der Waals surface area contributed by atoms with Crippen LogP contribution >= 0.6 is 0 Å². The van der Waals surface area contributed by atoms with Gasteiger partial charge < -0.3 is 11.1 Å². The van der Waals surface area contributed by atoms with Crippen LogP contribution in [0, 0.1) is 0 Å². The fourth-order valence-corrected chi connectivity index (χ4v) is 1.57. The quantitative estimate of drug-likeness (QED) is 0.892. The van der Waals surface area contributed by atoms with E-state index in [1.165, 1.54) is 12.4 Å². The number of aromatic nitrogens is 3. The van der Waals surface area contributed by atoms with Crippen LogP contribution < -0.4 is 11.1 Å². The number of alkyl halides is 3. The molecule has 0 aliphatic rings. The lowest BCUT2D eigenvalue weighted by Gasteiger charge is -2.11. The highest BCUT2D eigenvalue weighted by Gasteiger charge is 2.34. The molecule has 0 radical (unpaired) electrons. The van der Waals surface area contributed by atoms with Gasteiger partial charge in [-0.3, -0.25) is 0 Å². The molecule has 0 aromatic carbocycles. The van der Waals surface area contributed by atoms with Gasteiger partial charge in [0, 0.05) is 31.0 Å². The molecule has 0 aliphatic heterocycles. The molecule has 0 fully saturated rings. The van der Waals surface area contributed by atoms with E-state index in [0.29, 0.717) is 12.4 Å². The second-order valence-electron chi connectivity index (χ2n) is 4.18. The molecule has 8 heteroatoms. The van der Waals surface area contributed by atoms with Gasteiger partial charge >= 0.3 is 6.18 Å². The molecular formula is C11H14F3N5. The van der Waals surface area contributed by atoms with Gasteiger partial charge in [-0.05, 0) is 6.42 Å². The summed E-state index contributed by atoms with van der Waals surface area (Å²) in [5.41, 5.74) is 5.08. The van der Waals surface area contributed by atoms with E-state index in [0.717, 1.165) is 17.0 Å². The summed E-state index contributed by atoms with van der Waals surface area (Å²) in [6.45, 7) is 2.37. The molecule has 19 heavy (non-hydrogen) atoms. The van der Waals surface area contributed by atoms with Gasteiger partial charge in [0.1, 0.15) is 5.52 Å². The summed E-state index contributed by atoms with van der Waals surface area (Å²) in [6, 6.07) is 0.888. The molecule has 3 N–H and O–H groups in total. The zero-order valence-electron chi connectivity index (χ0n) is 10.3. The maximum atomic E-state index is 12.6. The van der Waals surface area contributed by atoms with Gasteiger partial charge in [-0.2, -0.15) is 18.3 Å². The molecule has 1 atom stereocenters. The van der Waals surface area contributed by atoms with E-state index in [4.69, 9.17) is 5.73 Å². The summed E-state index contributed by atoms with van der Waals surface area (Å²) in [7, 11) is 0. The van der Waals surface area contributed by atoms with Crippen LogP contribution in [0.15, 0.2) is 18.5 Å². The Hall–Kier alpha value is -1.83. The van der Waals surface area contributed by atoms with Crippen molar-refractivity contribution in [3.8, 4) is 0 Å². The number of nitrogens with two attached hydrogens (primary N) is 1. The maximum absolute atomic E-state index is 12.6. The summed E-state index contributed by atoms with van der Waals surface area (Å²) >= 11 is 0. The van der Waals surface area contributed by atoms with Crippen LogP contribution in [0.3, 0.4) is 0 Å². The van der Waals surface area contributed by atoms with Gasteiger partial charge in [-0.25, -0.2) is 9.50 Å². The first kappa shape index (κ1) is 13.6. The van der Waals surface area contributed by atoms with E-state index >= 15 is 0 Å². The maximum Gasteiger partial charge on any atom is 0.435 e. The van der Waals surface area contributed by atoms with Crippen LogP contribution in [-0.4, -0.2) is 27.2 Å². The number of nitrogens with one attached hydrogen (secondary N) is 1. The summed E-state index contributed by atoms with van der Waals surface area (Å²) in [5, 5.41) is 6.41. The average Bonchev–Trinajstić information content (AvgIpc) is 2.80. The van der Waals surface area contributed by atoms with Crippen molar-refractivity contribution in [3.63, 3.8) is 0 Å². The molecule has 104 valence electrons. The SMILES string of the molecule is CCC(N)CNc1nccn2nc(C(F)(F)F)cc12. The van der Waals surface area contributed by atoms with Crippen LogP contribution in [0.2, 0.25) is 0 Å². The van der Waals surface area contributed by atoms with Crippen molar-refractivity contribution in [2.45, 2.75) is 25.6 Å². The molecule has 0 saturated carbocycles. The first-order valence-electron chi connectivity index (χ1n) is 5.83. The zero-order valence-corrected chi connectivity index (χ0v) is 10.3. The standard InChI is InChI=1S/C11H14F3N5/c1-2-7(15)6-17-10-8-5-9(11(12,13)14)18-19(8)4-3-16-10/h3-5,7H,2,6,15H2,1H3,(H,16,17).